The van der Waals surface area contributed by atoms with Crippen molar-refractivity contribution >= 4 is 50.1 Å². The SMILES string of the molecule is CCCOC(=O)c1c(NC(=O)Cn2nc(C(F)(F)F)c(Br)c2C)sc(C(=O)OCC)c1C. The first-order valence-electron chi connectivity index (χ1n) is 9.49. The van der Waals surface area contributed by atoms with Crippen LogP contribution in [0.25, 0.3) is 0 Å². The number of rotatable bonds is 8. The Kier molecular flexibility index (Phi) is 8.46. The highest BCUT2D eigenvalue weighted by molar-refractivity contribution is 9.10. The molecule has 0 aliphatic carbocycles. The van der Waals surface area contributed by atoms with Gasteiger partial charge in [0.15, 0.2) is 5.69 Å². The van der Waals surface area contributed by atoms with Crippen LogP contribution in [0.1, 0.15) is 57.2 Å². The number of hydrogen-bond donors (Lipinski definition) is 1. The normalized spacial score (nSPS) is 11.4. The lowest BCUT2D eigenvalue weighted by Crippen LogP contribution is -2.21. The minimum Gasteiger partial charge on any atom is -0.462 e. The Morgan fingerprint density at radius 3 is 2.34 bits per heavy atom. The zero-order valence-electron chi connectivity index (χ0n) is 17.7. The molecular weight excluding hydrogens is 519 g/mol. The van der Waals surface area contributed by atoms with Gasteiger partial charge in [-0.1, -0.05) is 6.92 Å². The van der Waals surface area contributed by atoms with Crippen molar-refractivity contribution in [2.24, 2.45) is 0 Å². The number of aromatic nitrogens is 2. The molecule has 0 aromatic carbocycles. The van der Waals surface area contributed by atoms with Crippen LogP contribution in [0.5, 0.6) is 0 Å². The molecule has 0 saturated carbocycles. The number of nitrogens with one attached hydrogen (secondary N) is 1. The van der Waals surface area contributed by atoms with Crippen molar-refractivity contribution in [2.75, 3.05) is 18.5 Å². The van der Waals surface area contributed by atoms with Crippen molar-refractivity contribution in [1.82, 2.24) is 9.78 Å². The van der Waals surface area contributed by atoms with E-state index in [1.54, 1.807) is 13.8 Å². The smallest absolute Gasteiger partial charge is 0.436 e. The molecule has 2 aromatic heterocycles. The van der Waals surface area contributed by atoms with Crippen molar-refractivity contribution in [3.8, 4) is 0 Å². The predicted molar refractivity (Wildman–Crippen MR) is 114 cm³/mol. The molecule has 2 heterocycles. The molecule has 0 bridgehead atoms. The van der Waals surface area contributed by atoms with Crippen molar-refractivity contribution in [3.05, 3.63) is 31.9 Å². The summed E-state index contributed by atoms with van der Waals surface area (Å²) in [6, 6.07) is 0. The van der Waals surface area contributed by atoms with Crippen LogP contribution in [-0.4, -0.2) is 40.8 Å². The van der Waals surface area contributed by atoms with Crippen molar-refractivity contribution in [3.63, 3.8) is 0 Å². The average molecular weight is 540 g/mol. The third kappa shape index (κ3) is 5.68. The summed E-state index contributed by atoms with van der Waals surface area (Å²) in [4.78, 5) is 37.4. The van der Waals surface area contributed by atoms with Crippen molar-refractivity contribution in [1.29, 1.82) is 0 Å². The molecule has 2 rings (SSSR count). The monoisotopic (exact) mass is 539 g/mol. The Labute approximate surface area is 194 Å². The Morgan fingerprint density at radius 1 is 1.16 bits per heavy atom. The Hall–Kier alpha value is -2.41. The lowest BCUT2D eigenvalue weighted by atomic mass is 10.1. The highest BCUT2D eigenvalue weighted by Gasteiger charge is 2.38. The number of anilines is 1. The van der Waals surface area contributed by atoms with E-state index in [1.165, 1.54) is 13.8 Å². The number of thiophene rings is 1. The Bertz CT molecular complexity index is 1030. The largest absolute Gasteiger partial charge is 0.462 e. The second-order valence-corrected chi connectivity index (χ2v) is 8.38. The lowest BCUT2D eigenvalue weighted by molar-refractivity contribution is -0.142. The molecule has 1 amide bonds. The summed E-state index contributed by atoms with van der Waals surface area (Å²) in [6.07, 6.45) is -4.13. The summed E-state index contributed by atoms with van der Waals surface area (Å²) in [6.45, 7) is 6.03. The van der Waals surface area contributed by atoms with Crippen molar-refractivity contribution in [2.45, 2.75) is 46.8 Å². The standard InChI is InChI=1S/C19H21BrF3N3O5S/c1-5-7-31-17(28)12-9(3)14(18(29)30-6-2)32-16(12)24-11(27)8-26-10(4)13(20)15(25-26)19(21,22)23/h5-8H2,1-4H3,(H,24,27). The number of alkyl halides is 3. The minimum atomic E-state index is -4.69. The number of ether oxygens (including phenoxy) is 2. The van der Waals surface area contributed by atoms with E-state index in [4.69, 9.17) is 9.47 Å². The second kappa shape index (κ2) is 10.5. The maximum Gasteiger partial charge on any atom is 0.436 e. The van der Waals surface area contributed by atoms with Crippen LogP contribution in [-0.2, 0) is 27.0 Å². The van der Waals surface area contributed by atoms with Gasteiger partial charge in [0.25, 0.3) is 0 Å². The van der Waals surface area contributed by atoms with E-state index in [2.05, 4.69) is 26.3 Å². The number of carbonyl (C=O) groups excluding carboxylic acids is 3. The van der Waals surface area contributed by atoms with Crippen LogP contribution >= 0.6 is 27.3 Å². The summed E-state index contributed by atoms with van der Waals surface area (Å²) in [5, 5.41) is 5.98. The first-order valence-corrected chi connectivity index (χ1v) is 11.1. The van der Waals surface area contributed by atoms with Crippen LogP contribution in [0, 0.1) is 13.8 Å². The van der Waals surface area contributed by atoms with Gasteiger partial charge in [-0.2, -0.15) is 18.3 Å². The fourth-order valence-corrected chi connectivity index (χ4v) is 4.28. The van der Waals surface area contributed by atoms with Gasteiger partial charge in [-0.25, -0.2) is 9.59 Å². The molecule has 0 aliphatic rings. The van der Waals surface area contributed by atoms with Gasteiger partial charge in [0.2, 0.25) is 5.91 Å². The first kappa shape index (κ1) is 25.8. The van der Waals surface area contributed by atoms with Gasteiger partial charge in [-0.05, 0) is 48.7 Å². The van der Waals surface area contributed by atoms with Gasteiger partial charge in [0.05, 0.1) is 28.9 Å². The molecule has 0 atom stereocenters. The molecule has 8 nitrogen and oxygen atoms in total. The van der Waals surface area contributed by atoms with E-state index >= 15 is 0 Å². The summed E-state index contributed by atoms with van der Waals surface area (Å²) < 4.78 is 49.9. The molecular formula is C19H21BrF3N3O5S. The summed E-state index contributed by atoms with van der Waals surface area (Å²) in [7, 11) is 0. The van der Waals surface area contributed by atoms with Crippen molar-refractivity contribution < 1.29 is 37.0 Å². The van der Waals surface area contributed by atoms with E-state index < -0.39 is 36.3 Å². The molecule has 0 fully saturated rings. The molecule has 0 aliphatic heterocycles. The molecule has 1 N–H and O–H groups in total. The van der Waals surface area contributed by atoms with Crippen LogP contribution < -0.4 is 5.32 Å². The molecule has 0 spiro atoms. The molecule has 0 radical (unpaired) electrons. The molecule has 176 valence electrons. The second-order valence-electron chi connectivity index (χ2n) is 6.57. The summed E-state index contributed by atoms with van der Waals surface area (Å²) >= 11 is 3.67. The number of hydrogen-bond acceptors (Lipinski definition) is 7. The minimum absolute atomic E-state index is 0.00537. The average Bonchev–Trinajstić information content (AvgIpc) is 3.17. The highest BCUT2D eigenvalue weighted by Crippen LogP contribution is 2.36. The van der Waals surface area contributed by atoms with E-state index in [0.717, 1.165) is 16.0 Å². The Morgan fingerprint density at radius 2 is 1.81 bits per heavy atom. The lowest BCUT2D eigenvalue weighted by Gasteiger charge is -2.08. The van der Waals surface area contributed by atoms with Gasteiger partial charge in [0, 0.05) is 0 Å². The highest BCUT2D eigenvalue weighted by atomic mass is 79.9. The van der Waals surface area contributed by atoms with Gasteiger partial charge in [0.1, 0.15) is 16.4 Å². The van der Waals surface area contributed by atoms with E-state index in [1.807, 2.05) is 0 Å². The van der Waals surface area contributed by atoms with Crippen LogP contribution in [0.3, 0.4) is 0 Å². The number of esters is 2. The van der Waals surface area contributed by atoms with E-state index in [-0.39, 0.29) is 44.4 Å². The fourth-order valence-electron chi connectivity index (χ4n) is 2.67. The third-order valence-corrected chi connectivity index (χ3v) is 6.33. The van der Waals surface area contributed by atoms with Gasteiger partial charge < -0.3 is 14.8 Å². The number of halogens is 4. The quantitative estimate of drug-likeness (QED) is 0.487. The van der Waals surface area contributed by atoms with Gasteiger partial charge in [-0.15, -0.1) is 11.3 Å². The number of carbonyl (C=O) groups is 3. The topological polar surface area (TPSA) is 99.5 Å². The maximum absolute atomic E-state index is 13.1. The maximum atomic E-state index is 13.1. The molecule has 2 aromatic rings. The summed E-state index contributed by atoms with van der Waals surface area (Å²) in [5.41, 5.74) is -0.774. The third-order valence-electron chi connectivity index (χ3n) is 4.20. The molecule has 0 saturated heterocycles. The van der Waals surface area contributed by atoms with E-state index in [9.17, 15) is 27.6 Å². The zero-order chi connectivity index (χ0) is 24.2. The predicted octanol–water partition coefficient (Wildman–Crippen LogP) is 4.72. The summed E-state index contributed by atoms with van der Waals surface area (Å²) in [5.74, 6) is -2.14. The number of nitrogens with zero attached hydrogens (tertiary/aromatic N) is 2. The molecule has 13 heteroatoms. The first-order chi connectivity index (χ1) is 14.9. The molecule has 0 unspecified atom stereocenters. The number of amides is 1. The fraction of sp³-hybridized carbons (Fsp3) is 0.474. The van der Waals surface area contributed by atoms with E-state index in [0.29, 0.717) is 6.42 Å². The Balaban J connectivity index is 2.35. The van der Waals surface area contributed by atoms with Gasteiger partial charge >= 0.3 is 18.1 Å². The van der Waals surface area contributed by atoms with Crippen LogP contribution in [0.4, 0.5) is 18.2 Å². The molecule has 32 heavy (non-hydrogen) atoms. The van der Waals surface area contributed by atoms with Crippen LogP contribution in [0.2, 0.25) is 0 Å². The van der Waals surface area contributed by atoms with Gasteiger partial charge in [-0.3, -0.25) is 9.48 Å². The zero-order valence-corrected chi connectivity index (χ0v) is 20.1. The van der Waals surface area contributed by atoms with Crippen LogP contribution in [0.15, 0.2) is 4.47 Å².